The molecule has 0 unspecified atom stereocenters. The Hall–Kier alpha value is 0. The van der Waals surface area contributed by atoms with Gasteiger partial charge in [0.2, 0.25) is 0 Å². The molecule has 0 N–H and O–H groups in total. The molecule has 0 fully saturated rings. The van der Waals surface area contributed by atoms with Crippen molar-refractivity contribution < 1.29 is 81.3 Å². The summed E-state index contributed by atoms with van der Waals surface area (Å²) in [4.78, 5) is 0. The van der Waals surface area contributed by atoms with E-state index in [4.69, 9.17) is 71.3 Å². The molecule has 0 aromatic carbocycles. The Morgan fingerprint density at radius 2 is 0.0789 bits per heavy atom. The topological polar surface area (TPSA) is 0 Å². The van der Waals surface area contributed by atoms with E-state index in [-0.39, 0.29) is 292 Å². The predicted octanol–water partition coefficient (Wildman–Crippen LogP) is 31.8. The lowest BCUT2D eigenvalue weighted by atomic mass is 12.0. The third-order valence-corrected chi connectivity index (χ3v) is 0. The molecule has 0 bridgehead atoms. The number of hydrogen-bond donors (Lipinski definition) is 0. The lowest BCUT2D eigenvalue weighted by molar-refractivity contribution is 2.50. The van der Waals surface area contributed by atoms with E-state index in [2.05, 4.69) is 0 Å². The normalized spacial score (nSPS) is 5.05. The lowest BCUT2D eigenvalue weighted by Gasteiger charge is -0.0786. The van der Waals surface area contributed by atoms with Crippen molar-refractivity contribution >= 4 is 0 Å². The molecule has 0 nitrogen and oxygen atoms in total. The van der Waals surface area contributed by atoms with Crippen LogP contribution in [0.3, 0.4) is 0 Å². The van der Waals surface area contributed by atoms with Crippen LogP contribution in [0.15, 0.2) is 0 Å². The van der Waals surface area contributed by atoms with Gasteiger partial charge in [0.25, 0.3) is 0 Å². The summed E-state index contributed by atoms with van der Waals surface area (Å²) in [5, 5.41) is 0. The summed E-state index contributed by atoms with van der Waals surface area (Å²) in [6.45, 7) is 0. The maximum absolute atomic E-state index is 5.00. The summed E-state index contributed by atoms with van der Waals surface area (Å²) in [5.41, 5.74) is 0. The van der Waals surface area contributed by atoms with Crippen LogP contribution in [0.5, 0.6) is 0 Å². The molecule has 0 amide bonds. The average molecular weight is 783 g/mol. The second kappa shape index (κ2) is 0. The minimum atomic E-state index is 0. The highest BCUT2D eigenvalue weighted by molar-refractivity contribution is 2.54. The molecule has 0 heteroatoms. The van der Waals surface area contributed by atoms with Crippen molar-refractivity contribution in [3.63, 3.8) is 0 Å². The molecular weight excluding hydrogens is 456 g/mol. The van der Waals surface area contributed by atoms with Gasteiger partial charge in [0.15, 0.2) is 0 Å². The first-order chi connectivity index (χ1) is 24.0. The summed E-state index contributed by atoms with van der Waals surface area (Å²) in [6.07, 6.45) is 0. The molecule has 0 heterocycles. The van der Waals surface area contributed by atoms with Gasteiger partial charge in [-0.2, -0.15) is 0 Å². The first kappa shape index (κ1) is 90.3. The maximum Gasteiger partial charge on any atom is 0 e. The third kappa shape index (κ3) is 0. The smallest absolute Gasteiger partial charge is 0 e. The van der Waals surface area contributed by atoms with Crippen LogP contribution in [-0.2, 0) is 0 Å². The molecule has 0 atom stereocenters. The highest BCUT2D eigenvalue weighted by Gasteiger charge is -0.0406. The molecule has 366 valence electrons. The van der Waals surface area contributed by atoms with Crippen LogP contribution in [0.2, 0.25) is 0 Å². The van der Waals surface area contributed by atoms with E-state index in [1.165, 1.54) is 0 Å². The Morgan fingerprint density at radius 3 is 0.0789 bits per heavy atom. The number of hydrogen-bond acceptors (Lipinski definition) is 0. The van der Waals surface area contributed by atoms with Gasteiger partial charge < -0.3 is 0 Å². The van der Waals surface area contributed by atoms with Crippen molar-refractivity contribution in [1.29, 1.82) is 0 Å². The van der Waals surface area contributed by atoms with Crippen LogP contribution in [0.4, 0.5) is 0 Å². The van der Waals surface area contributed by atoms with Gasteiger partial charge in [-0.3, -0.25) is 0 Å². The standard InChI is InChI=1S/38CH4.31H2/h38*1H4;31*1H/i;;;;;;;;;;;;;;;;;;;;;;;;;;;;;;;;;;;;;;24*1+2T;7*1+2. The molecule has 0 rings (SSSR count). The zero-order valence-corrected chi connectivity index (χ0v) is 0. The largest absolute Gasteiger partial charge is 0.0776 e. The van der Waals surface area contributed by atoms with Crippen molar-refractivity contribution in [3.05, 3.63) is 0 Å². The fourth-order valence-electron chi connectivity index (χ4n) is 0. The molecule has 38 heavy (non-hydrogen) atoms. The van der Waals surface area contributed by atoms with Gasteiger partial charge in [0.05, 0.1) is 0 Å². The Bertz CT molecular complexity index is 90.7. The van der Waals surface area contributed by atoms with Crippen molar-refractivity contribution in [2.45, 2.75) is 282 Å². The highest BCUT2D eigenvalue weighted by atomic mass is 12.0. The molecule has 0 aliphatic heterocycles. The first-order valence-corrected chi connectivity index (χ1v) is 0. The van der Waals surface area contributed by atoms with Crippen molar-refractivity contribution in [2.24, 2.45) is 0 Å². The van der Waals surface area contributed by atoms with Gasteiger partial charge in [-0.1, -0.05) is 282 Å². The Labute approximate surface area is 366 Å². The minimum absolute atomic E-state index is 0. The van der Waals surface area contributed by atoms with Crippen molar-refractivity contribution in [3.8, 4) is 0 Å². The Kier molecular flexibility index (Phi) is 0. The van der Waals surface area contributed by atoms with E-state index < -0.39 is 0 Å². The molecule has 0 aromatic rings. The summed E-state index contributed by atoms with van der Waals surface area (Å²) in [7, 11) is 0. The van der Waals surface area contributed by atoms with Crippen molar-refractivity contribution in [1.82, 2.24) is 0 Å². The SMILES string of the molecule is C.C.C.C.C.C.C.C.C.C.C.C.C.C.C.C.C.C.C.C.C.C.C.C.C.C.C.C.C.C.C.C.C.C.C.C.C.C.[3HH].[3HH].[3HH].[3HH].[3HH].[3HH].[3HH].[3H][3H].[3H][3H].[3H][3H].[3H][3H].[3H][3H].[3H][3H].[3H][3H].[3H][3H].[3H][3H].[3H][3H].[3H][3H].[3H][3H].[3H][3H].[3H][3H].[3H][3H].[3H][3H].[3H][3H].[3H][3H].[3H][3H].[3H][3H].[3H][3H].[3H][3H].[3H][3H].[3H][3H]. The monoisotopic (exact) mass is 782 g/mol. The quantitative estimate of drug-likeness (QED) is 0.230. The average Bonchev–Trinajstić information content (AvgIpc) is 3.34. The summed E-state index contributed by atoms with van der Waals surface area (Å²) >= 11 is 0. The Balaban J connectivity index is -0.000000000945. The summed E-state index contributed by atoms with van der Waals surface area (Å²) in [5.74, 6) is 0. The van der Waals surface area contributed by atoms with Crippen molar-refractivity contribution in [2.75, 3.05) is 0 Å². The second-order valence-electron chi connectivity index (χ2n) is 0. The number of rotatable bonds is 0. The van der Waals surface area contributed by atoms with E-state index in [0.717, 1.165) is 0 Å². The van der Waals surface area contributed by atoms with E-state index in [0.29, 0.717) is 0 Å². The lowest BCUT2D eigenvalue weighted by Crippen LogP contribution is 0.143. The predicted molar refractivity (Wildman–Crippen MR) is 321 cm³/mol. The highest BCUT2D eigenvalue weighted by Crippen LogP contribution is 0.181. The third-order valence-electron chi connectivity index (χ3n) is 0. The minimum Gasteiger partial charge on any atom is -0.0776 e. The van der Waals surface area contributed by atoms with Crippen LogP contribution >= 0.6 is 0 Å². The van der Waals surface area contributed by atoms with Crippen LogP contribution in [0, 0.1) is 0 Å². The molecule has 0 aliphatic rings. The molecule has 0 radical (unpaired) electrons. The Morgan fingerprint density at radius 1 is 0.0789 bits per heavy atom. The van der Waals surface area contributed by atoms with E-state index in [1.54, 1.807) is 0 Å². The molecule has 0 aliphatic carbocycles. The van der Waals surface area contributed by atoms with Crippen LogP contribution in [-0.4, -0.2) is 0 Å². The van der Waals surface area contributed by atoms with Crippen LogP contribution in [0.1, 0.15) is 363 Å². The summed E-state index contributed by atoms with van der Waals surface area (Å²) < 4.78 is 240. The molecule has 0 saturated heterocycles. The zero-order valence-electron chi connectivity index (χ0n) is 48.0. The van der Waals surface area contributed by atoms with Gasteiger partial charge in [0, 0.05) is 81.3 Å². The zero-order chi connectivity index (χ0) is 48.0. The summed E-state index contributed by atoms with van der Waals surface area (Å²) in [6, 6.07) is 0. The molecule has 0 aromatic heterocycles. The molecule has 0 spiro atoms. The fraction of sp³-hybridized carbons (Fsp3) is 1.00. The first-order valence-electron chi connectivity index (χ1n) is 24.0. The van der Waals surface area contributed by atoms with E-state index >= 15 is 0 Å². The van der Waals surface area contributed by atoms with Crippen LogP contribution < -0.4 is 0 Å². The van der Waals surface area contributed by atoms with Gasteiger partial charge in [-0.25, -0.2) is 0 Å². The van der Waals surface area contributed by atoms with Gasteiger partial charge in [-0.05, 0) is 0 Å². The van der Waals surface area contributed by atoms with E-state index in [9.17, 15) is 0 Å². The molecular formula is C38H214. The van der Waals surface area contributed by atoms with Gasteiger partial charge in [0.1, 0.15) is 0 Å². The second-order valence-corrected chi connectivity index (χ2v) is 0. The fourth-order valence-corrected chi connectivity index (χ4v) is 0. The maximum atomic E-state index is 5.00. The van der Waals surface area contributed by atoms with E-state index in [1.807, 2.05) is 0 Å². The molecule has 0 saturated carbocycles. The van der Waals surface area contributed by atoms with Crippen LogP contribution in [0.25, 0.3) is 0 Å². The van der Waals surface area contributed by atoms with Gasteiger partial charge in [-0.15, -0.1) is 0 Å². The van der Waals surface area contributed by atoms with Gasteiger partial charge >= 0.3 is 0 Å².